The molecule has 0 N–H and O–H groups in total. The quantitative estimate of drug-likeness (QED) is 0.637. The van der Waals surface area contributed by atoms with Gasteiger partial charge >= 0.3 is 5.69 Å². The highest BCUT2D eigenvalue weighted by Gasteiger charge is 2.18. The van der Waals surface area contributed by atoms with Crippen LogP contribution in [0.4, 0.5) is 0 Å². The molecular formula is C21H26N4O4. The molecule has 0 spiro atoms. The Hall–Kier alpha value is -3.29. The number of aromatic nitrogens is 4. The molecule has 3 aromatic rings. The number of imidazole rings is 1. The molecular weight excluding hydrogens is 372 g/mol. The van der Waals surface area contributed by atoms with E-state index >= 15 is 0 Å². The average Bonchev–Trinajstić information content (AvgIpc) is 3.03. The maximum absolute atomic E-state index is 12.8. The van der Waals surface area contributed by atoms with E-state index < -0.39 is 0 Å². The fraction of sp³-hybridized carbons (Fsp3) is 0.381. The zero-order valence-corrected chi connectivity index (χ0v) is 17.6. The molecule has 2 aromatic heterocycles. The number of ether oxygens (including phenoxy) is 2. The summed E-state index contributed by atoms with van der Waals surface area (Å²) in [5, 5.41) is 0. The van der Waals surface area contributed by atoms with Crippen LogP contribution >= 0.6 is 0 Å². The van der Waals surface area contributed by atoms with Crippen molar-refractivity contribution < 1.29 is 9.47 Å². The van der Waals surface area contributed by atoms with E-state index in [0.717, 1.165) is 16.9 Å². The molecule has 0 aliphatic carbocycles. The van der Waals surface area contributed by atoms with E-state index in [2.05, 4.69) is 4.98 Å². The van der Waals surface area contributed by atoms with Crippen LogP contribution in [0.3, 0.4) is 0 Å². The lowest BCUT2D eigenvalue weighted by atomic mass is 10.1. The normalized spacial score (nSPS) is 11.5. The highest BCUT2D eigenvalue weighted by molar-refractivity contribution is 5.78. The molecule has 2 heterocycles. The molecule has 29 heavy (non-hydrogen) atoms. The number of hydrogen-bond acceptors (Lipinski definition) is 5. The Labute approximate surface area is 168 Å². The third kappa shape index (κ3) is 3.24. The maximum Gasteiger partial charge on any atom is 0.332 e. The summed E-state index contributed by atoms with van der Waals surface area (Å²) < 4.78 is 15.4. The van der Waals surface area contributed by atoms with Crippen molar-refractivity contribution in [3.05, 3.63) is 49.9 Å². The highest BCUT2D eigenvalue weighted by atomic mass is 16.5. The number of fused-ring (bicyclic) bond motifs is 1. The summed E-state index contributed by atoms with van der Waals surface area (Å²) in [5.74, 6) is 2.02. The van der Waals surface area contributed by atoms with E-state index in [9.17, 15) is 9.59 Å². The van der Waals surface area contributed by atoms with Gasteiger partial charge in [0, 0.05) is 31.3 Å². The van der Waals surface area contributed by atoms with Crippen molar-refractivity contribution in [3.63, 3.8) is 0 Å². The van der Waals surface area contributed by atoms with Gasteiger partial charge in [-0.25, -0.2) is 9.78 Å². The van der Waals surface area contributed by atoms with Crippen molar-refractivity contribution in [2.45, 2.75) is 33.9 Å². The van der Waals surface area contributed by atoms with Gasteiger partial charge in [-0.05, 0) is 45.1 Å². The van der Waals surface area contributed by atoms with Crippen molar-refractivity contribution in [2.24, 2.45) is 7.05 Å². The zero-order chi connectivity index (χ0) is 21.3. The van der Waals surface area contributed by atoms with E-state index in [4.69, 9.17) is 9.47 Å². The van der Waals surface area contributed by atoms with Crippen molar-refractivity contribution in [3.8, 4) is 11.5 Å². The van der Waals surface area contributed by atoms with E-state index in [0.29, 0.717) is 35.8 Å². The zero-order valence-electron chi connectivity index (χ0n) is 17.6. The Morgan fingerprint density at radius 3 is 2.31 bits per heavy atom. The number of methoxy groups -OCH3 is 2. The standard InChI is InChI=1S/C21H26N4O4/c1-7-24-19-17(20(26)25(8-2)21(24)27)23(4)16(22-19)12-10-14-9-11-15(28-5)13(3)18(14)29-6/h9-12H,7-8H2,1-6H3/b12-10+. The fourth-order valence-electron chi connectivity index (χ4n) is 3.57. The third-order valence-corrected chi connectivity index (χ3v) is 5.13. The lowest BCUT2D eigenvalue weighted by Crippen LogP contribution is -2.39. The molecule has 8 nitrogen and oxygen atoms in total. The van der Waals surface area contributed by atoms with Gasteiger partial charge in [-0.15, -0.1) is 0 Å². The molecule has 0 unspecified atom stereocenters. The lowest BCUT2D eigenvalue weighted by molar-refractivity contribution is 0.388. The Kier molecular flexibility index (Phi) is 5.63. The molecule has 0 saturated heterocycles. The molecule has 0 aliphatic heterocycles. The highest BCUT2D eigenvalue weighted by Crippen LogP contribution is 2.32. The van der Waals surface area contributed by atoms with Crippen LogP contribution in [0.15, 0.2) is 21.7 Å². The van der Waals surface area contributed by atoms with Gasteiger partial charge in [0.25, 0.3) is 5.56 Å². The number of nitrogens with zero attached hydrogens (tertiary/aromatic N) is 4. The monoisotopic (exact) mass is 398 g/mol. The topological polar surface area (TPSA) is 80.3 Å². The SMILES string of the molecule is CCn1c(=O)c2c(nc(/C=C/c3ccc(OC)c(C)c3OC)n2C)n(CC)c1=O. The van der Waals surface area contributed by atoms with Crippen LogP contribution in [0, 0.1) is 6.92 Å². The molecule has 0 aliphatic rings. The summed E-state index contributed by atoms with van der Waals surface area (Å²) in [5.41, 5.74) is 1.89. The first-order chi connectivity index (χ1) is 13.9. The van der Waals surface area contributed by atoms with Crippen molar-refractivity contribution in [1.82, 2.24) is 18.7 Å². The van der Waals surface area contributed by atoms with Crippen molar-refractivity contribution >= 4 is 23.3 Å². The number of rotatable bonds is 6. The van der Waals surface area contributed by atoms with E-state index in [1.807, 2.05) is 38.1 Å². The molecule has 0 amide bonds. The van der Waals surface area contributed by atoms with Crippen LogP contribution < -0.4 is 20.7 Å². The second kappa shape index (κ2) is 7.98. The Balaban J connectivity index is 2.19. The largest absolute Gasteiger partial charge is 0.496 e. The van der Waals surface area contributed by atoms with Crippen LogP contribution in [-0.2, 0) is 20.1 Å². The van der Waals surface area contributed by atoms with Crippen LogP contribution in [0.5, 0.6) is 11.5 Å². The Bertz CT molecular complexity index is 1210. The average molecular weight is 398 g/mol. The summed E-state index contributed by atoms with van der Waals surface area (Å²) in [4.78, 5) is 29.9. The van der Waals surface area contributed by atoms with Crippen molar-refractivity contribution in [2.75, 3.05) is 14.2 Å². The van der Waals surface area contributed by atoms with Crippen LogP contribution in [-0.4, -0.2) is 32.9 Å². The first-order valence-electron chi connectivity index (χ1n) is 9.49. The van der Waals surface area contributed by atoms with Gasteiger partial charge in [0.1, 0.15) is 17.3 Å². The van der Waals surface area contributed by atoms with Crippen LogP contribution in [0.2, 0.25) is 0 Å². The predicted octanol–water partition coefficient (Wildman–Crippen LogP) is 2.43. The minimum absolute atomic E-state index is 0.312. The minimum atomic E-state index is -0.339. The van der Waals surface area contributed by atoms with Crippen molar-refractivity contribution in [1.29, 1.82) is 0 Å². The summed E-state index contributed by atoms with van der Waals surface area (Å²) in [6.07, 6.45) is 3.68. The minimum Gasteiger partial charge on any atom is -0.496 e. The van der Waals surface area contributed by atoms with Gasteiger partial charge in [0.2, 0.25) is 0 Å². The molecule has 8 heteroatoms. The summed E-state index contributed by atoms with van der Waals surface area (Å²) in [7, 11) is 5.01. The first-order valence-corrected chi connectivity index (χ1v) is 9.49. The molecule has 0 saturated carbocycles. The van der Waals surface area contributed by atoms with E-state index in [1.165, 1.54) is 9.13 Å². The number of hydrogen-bond donors (Lipinski definition) is 0. The van der Waals surface area contributed by atoms with Gasteiger partial charge in [-0.2, -0.15) is 0 Å². The molecule has 0 radical (unpaired) electrons. The molecule has 3 rings (SSSR count). The lowest BCUT2D eigenvalue weighted by Gasteiger charge is -2.12. The maximum atomic E-state index is 12.8. The molecule has 0 fully saturated rings. The van der Waals surface area contributed by atoms with E-state index in [1.54, 1.807) is 32.8 Å². The number of benzene rings is 1. The van der Waals surface area contributed by atoms with Crippen LogP contribution in [0.1, 0.15) is 30.8 Å². The fourth-order valence-corrected chi connectivity index (χ4v) is 3.57. The Morgan fingerprint density at radius 2 is 1.72 bits per heavy atom. The Morgan fingerprint density at radius 1 is 1.03 bits per heavy atom. The molecule has 0 atom stereocenters. The summed E-state index contributed by atoms with van der Waals surface area (Å²) in [6.45, 7) is 6.31. The molecule has 0 bridgehead atoms. The van der Waals surface area contributed by atoms with Gasteiger partial charge in [-0.1, -0.05) is 0 Å². The van der Waals surface area contributed by atoms with E-state index in [-0.39, 0.29) is 11.2 Å². The first kappa shape index (κ1) is 20.4. The smallest absolute Gasteiger partial charge is 0.332 e. The third-order valence-electron chi connectivity index (χ3n) is 5.13. The second-order valence-electron chi connectivity index (χ2n) is 6.63. The summed E-state index contributed by atoms with van der Waals surface area (Å²) in [6, 6.07) is 3.77. The van der Waals surface area contributed by atoms with Gasteiger partial charge < -0.3 is 14.0 Å². The molecule has 154 valence electrons. The van der Waals surface area contributed by atoms with Crippen LogP contribution in [0.25, 0.3) is 23.3 Å². The van der Waals surface area contributed by atoms with Gasteiger partial charge in [0.15, 0.2) is 11.2 Å². The molecule has 1 aromatic carbocycles. The predicted molar refractivity (Wildman–Crippen MR) is 114 cm³/mol. The van der Waals surface area contributed by atoms with Gasteiger partial charge in [-0.3, -0.25) is 13.9 Å². The summed E-state index contributed by atoms with van der Waals surface area (Å²) >= 11 is 0. The number of aryl methyl sites for hydroxylation is 2. The second-order valence-corrected chi connectivity index (χ2v) is 6.63. The van der Waals surface area contributed by atoms with Gasteiger partial charge in [0.05, 0.1) is 14.2 Å².